The summed E-state index contributed by atoms with van der Waals surface area (Å²) in [7, 11) is 0. The summed E-state index contributed by atoms with van der Waals surface area (Å²) in [4.78, 5) is 42.2. The standard InChI is InChI=1S/C19H16BrN3O3S2/c1-12-22-15(11-27-12)5-6-17(24)21-7-8-23-18(25)16(28-19(23)26)10-13-3-2-4-14(20)9-13/h2-6,9-11H,7-8H2,1H3,(H,21,24)/b6-5+,16-10-. The summed E-state index contributed by atoms with van der Waals surface area (Å²) >= 11 is 5.79. The predicted octanol–water partition coefficient (Wildman–Crippen LogP) is 4.08. The highest BCUT2D eigenvalue weighted by Gasteiger charge is 2.34. The van der Waals surface area contributed by atoms with Gasteiger partial charge in [0, 0.05) is 29.0 Å². The first kappa shape index (κ1) is 20.5. The van der Waals surface area contributed by atoms with Gasteiger partial charge in [-0.05, 0) is 48.5 Å². The summed E-state index contributed by atoms with van der Waals surface area (Å²) in [6.07, 6.45) is 4.70. The van der Waals surface area contributed by atoms with E-state index in [-0.39, 0.29) is 30.1 Å². The molecule has 1 aromatic heterocycles. The summed E-state index contributed by atoms with van der Waals surface area (Å²) in [6, 6.07) is 7.46. The second kappa shape index (κ2) is 9.31. The van der Waals surface area contributed by atoms with Crippen LogP contribution in [0.4, 0.5) is 4.79 Å². The van der Waals surface area contributed by atoms with E-state index < -0.39 is 0 Å². The number of amides is 3. The predicted molar refractivity (Wildman–Crippen MR) is 116 cm³/mol. The summed E-state index contributed by atoms with van der Waals surface area (Å²) in [5.74, 6) is -0.653. The zero-order valence-electron chi connectivity index (χ0n) is 14.8. The topological polar surface area (TPSA) is 79.4 Å². The van der Waals surface area contributed by atoms with Crippen LogP contribution in [0.15, 0.2) is 45.1 Å². The normalized spacial score (nSPS) is 15.8. The highest BCUT2D eigenvalue weighted by Crippen LogP contribution is 2.32. The van der Waals surface area contributed by atoms with Crippen molar-refractivity contribution < 1.29 is 14.4 Å². The minimum atomic E-state index is -0.349. The molecule has 144 valence electrons. The Balaban J connectivity index is 1.53. The number of nitrogens with zero attached hydrogens (tertiary/aromatic N) is 2. The van der Waals surface area contributed by atoms with E-state index in [9.17, 15) is 14.4 Å². The molecule has 1 aliphatic heterocycles. The summed E-state index contributed by atoms with van der Waals surface area (Å²) in [5, 5.41) is 5.11. The number of hydrogen-bond acceptors (Lipinski definition) is 6. The van der Waals surface area contributed by atoms with Gasteiger partial charge >= 0.3 is 0 Å². The van der Waals surface area contributed by atoms with Gasteiger partial charge in [0.2, 0.25) is 5.91 Å². The maximum atomic E-state index is 12.5. The second-order valence-electron chi connectivity index (χ2n) is 5.80. The van der Waals surface area contributed by atoms with Gasteiger partial charge in [-0.3, -0.25) is 19.3 Å². The van der Waals surface area contributed by atoms with E-state index in [4.69, 9.17) is 0 Å². The zero-order valence-corrected chi connectivity index (χ0v) is 18.1. The Bertz CT molecular complexity index is 984. The van der Waals surface area contributed by atoms with Crippen LogP contribution < -0.4 is 5.32 Å². The molecular formula is C19H16BrN3O3S2. The third kappa shape index (κ3) is 5.40. The smallest absolute Gasteiger partial charge is 0.293 e. The highest BCUT2D eigenvalue weighted by molar-refractivity contribution is 9.10. The molecule has 3 amide bonds. The van der Waals surface area contributed by atoms with Crippen molar-refractivity contribution in [2.45, 2.75) is 6.92 Å². The van der Waals surface area contributed by atoms with Crippen LogP contribution in [0, 0.1) is 6.92 Å². The fraction of sp³-hybridized carbons (Fsp3) is 0.158. The lowest BCUT2D eigenvalue weighted by atomic mass is 10.2. The van der Waals surface area contributed by atoms with Gasteiger partial charge in [-0.2, -0.15) is 0 Å². The molecule has 0 aliphatic carbocycles. The third-order valence-electron chi connectivity index (χ3n) is 3.70. The Labute approximate surface area is 178 Å². The Kier molecular flexibility index (Phi) is 6.82. The Morgan fingerprint density at radius 3 is 2.89 bits per heavy atom. The second-order valence-corrected chi connectivity index (χ2v) is 8.78. The molecule has 0 unspecified atom stereocenters. The molecule has 2 aromatic rings. The van der Waals surface area contributed by atoms with Crippen molar-refractivity contribution in [3.05, 3.63) is 61.4 Å². The van der Waals surface area contributed by atoms with Gasteiger partial charge in [-0.15, -0.1) is 11.3 Å². The van der Waals surface area contributed by atoms with Crippen molar-refractivity contribution in [2.24, 2.45) is 0 Å². The van der Waals surface area contributed by atoms with Gasteiger partial charge in [0.05, 0.1) is 15.6 Å². The average molecular weight is 478 g/mol. The van der Waals surface area contributed by atoms with Crippen LogP contribution in [0.2, 0.25) is 0 Å². The number of rotatable bonds is 6. The van der Waals surface area contributed by atoms with Crippen molar-refractivity contribution >= 4 is 68.2 Å². The lowest BCUT2D eigenvalue weighted by Crippen LogP contribution is -2.36. The monoisotopic (exact) mass is 477 g/mol. The van der Waals surface area contributed by atoms with E-state index >= 15 is 0 Å². The first-order valence-electron chi connectivity index (χ1n) is 8.31. The molecule has 1 aliphatic rings. The number of aromatic nitrogens is 1. The molecule has 0 radical (unpaired) electrons. The Morgan fingerprint density at radius 2 is 2.18 bits per heavy atom. The minimum absolute atomic E-state index is 0.121. The van der Waals surface area contributed by atoms with Gasteiger partial charge in [-0.1, -0.05) is 28.1 Å². The van der Waals surface area contributed by atoms with Crippen molar-refractivity contribution in [3.63, 3.8) is 0 Å². The van der Waals surface area contributed by atoms with Crippen molar-refractivity contribution in [1.82, 2.24) is 15.2 Å². The van der Waals surface area contributed by atoms with Crippen LogP contribution in [-0.4, -0.2) is 40.0 Å². The number of hydrogen-bond donors (Lipinski definition) is 1. The maximum Gasteiger partial charge on any atom is 0.293 e. The molecule has 1 aromatic carbocycles. The molecule has 1 saturated heterocycles. The molecule has 28 heavy (non-hydrogen) atoms. The molecular weight excluding hydrogens is 462 g/mol. The Morgan fingerprint density at radius 1 is 1.36 bits per heavy atom. The number of halogens is 1. The van der Waals surface area contributed by atoms with Crippen LogP contribution in [0.25, 0.3) is 12.2 Å². The number of nitrogens with one attached hydrogen (secondary N) is 1. The van der Waals surface area contributed by atoms with Crippen molar-refractivity contribution in [3.8, 4) is 0 Å². The highest BCUT2D eigenvalue weighted by atomic mass is 79.9. The van der Waals surface area contributed by atoms with Crippen LogP contribution in [0.1, 0.15) is 16.3 Å². The van der Waals surface area contributed by atoms with Crippen molar-refractivity contribution in [2.75, 3.05) is 13.1 Å². The fourth-order valence-corrected chi connectivity index (χ4v) is 4.27. The number of thiazole rings is 1. The molecule has 6 nitrogen and oxygen atoms in total. The molecule has 9 heteroatoms. The largest absolute Gasteiger partial charge is 0.351 e. The average Bonchev–Trinajstić information content (AvgIpc) is 3.18. The molecule has 2 heterocycles. The van der Waals surface area contributed by atoms with Crippen LogP contribution >= 0.6 is 39.0 Å². The van der Waals surface area contributed by atoms with E-state index in [1.807, 2.05) is 36.6 Å². The van der Waals surface area contributed by atoms with Crippen LogP contribution in [0.3, 0.4) is 0 Å². The number of imide groups is 1. The third-order valence-corrected chi connectivity index (χ3v) is 5.89. The zero-order chi connectivity index (χ0) is 20.1. The van der Waals surface area contributed by atoms with Crippen molar-refractivity contribution in [1.29, 1.82) is 0 Å². The number of carbonyl (C=O) groups excluding carboxylic acids is 3. The van der Waals surface area contributed by atoms with Gasteiger partial charge < -0.3 is 5.32 Å². The molecule has 0 saturated carbocycles. The Hall–Kier alpha value is -2.23. The number of aryl methyl sites for hydroxylation is 1. The van der Waals surface area contributed by atoms with E-state index in [1.54, 1.807) is 12.2 Å². The summed E-state index contributed by atoms with van der Waals surface area (Å²) in [6.45, 7) is 2.20. The fourth-order valence-electron chi connectivity index (χ4n) is 2.41. The molecule has 0 spiro atoms. The van der Waals surface area contributed by atoms with E-state index in [1.165, 1.54) is 17.4 Å². The number of benzene rings is 1. The van der Waals surface area contributed by atoms with Crippen LogP contribution in [0.5, 0.6) is 0 Å². The van der Waals surface area contributed by atoms with Gasteiger partial charge in [0.15, 0.2) is 0 Å². The maximum absolute atomic E-state index is 12.5. The lowest BCUT2D eigenvalue weighted by molar-refractivity contribution is -0.123. The van der Waals surface area contributed by atoms with Gasteiger partial charge in [-0.25, -0.2) is 4.98 Å². The molecule has 3 rings (SSSR count). The molecule has 0 atom stereocenters. The first-order valence-corrected chi connectivity index (χ1v) is 10.8. The summed E-state index contributed by atoms with van der Waals surface area (Å²) < 4.78 is 0.893. The number of carbonyl (C=O) groups is 3. The van der Waals surface area contributed by atoms with Gasteiger partial charge in [0.1, 0.15) is 0 Å². The molecule has 1 N–H and O–H groups in total. The molecule has 0 bridgehead atoms. The quantitative estimate of drug-likeness (QED) is 0.633. The van der Waals surface area contributed by atoms with Crippen LogP contribution in [-0.2, 0) is 9.59 Å². The van der Waals surface area contributed by atoms with E-state index in [2.05, 4.69) is 26.2 Å². The SMILES string of the molecule is Cc1nc(/C=C/C(=O)NCCN2C(=O)S/C(=C\c3cccc(Br)c3)C2=O)cs1. The van der Waals surface area contributed by atoms with E-state index in [0.717, 1.165) is 37.4 Å². The summed E-state index contributed by atoms with van der Waals surface area (Å²) in [5.41, 5.74) is 1.55. The molecule has 1 fully saturated rings. The lowest BCUT2D eigenvalue weighted by Gasteiger charge is -2.12. The minimum Gasteiger partial charge on any atom is -0.351 e. The van der Waals surface area contributed by atoms with E-state index in [0.29, 0.717) is 4.91 Å². The first-order chi connectivity index (χ1) is 13.4. The van der Waals surface area contributed by atoms with Gasteiger partial charge in [0.25, 0.3) is 11.1 Å². The number of thioether (sulfide) groups is 1.